The molecule has 2 aromatic rings. The van der Waals surface area contributed by atoms with Crippen LogP contribution < -0.4 is 9.47 Å². The molecule has 0 atom stereocenters. The summed E-state index contributed by atoms with van der Waals surface area (Å²) in [5, 5.41) is 28.1. The SMILES string of the molecule is CCCCCCOc1ccccc1Oc1ccc(C(=O)O)c(C(=O)O)c1C(=O)O. The van der Waals surface area contributed by atoms with Gasteiger partial charge in [0.2, 0.25) is 0 Å². The van der Waals surface area contributed by atoms with Crippen LogP contribution in [-0.2, 0) is 0 Å². The van der Waals surface area contributed by atoms with Gasteiger partial charge in [0.15, 0.2) is 11.5 Å². The van der Waals surface area contributed by atoms with Gasteiger partial charge in [0.05, 0.1) is 17.7 Å². The number of para-hydroxylation sites is 2. The summed E-state index contributed by atoms with van der Waals surface area (Å²) in [6.07, 6.45) is 4.05. The van der Waals surface area contributed by atoms with Crippen LogP contribution in [0.15, 0.2) is 36.4 Å². The van der Waals surface area contributed by atoms with Crippen LogP contribution >= 0.6 is 0 Å². The molecule has 154 valence electrons. The van der Waals surface area contributed by atoms with E-state index in [1.165, 1.54) is 0 Å². The van der Waals surface area contributed by atoms with Gasteiger partial charge in [-0.05, 0) is 30.7 Å². The maximum Gasteiger partial charge on any atom is 0.340 e. The molecular formula is C21H22O8. The Labute approximate surface area is 167 Å². The van der Waals surface area contributed by atoms with Crippen LogP contribution in [0.1, 0.15) is 63.7 Å². The molecular weight excluding hydrogens is 380 g/mol. The van der Waals surface area contributed by atoms with Crippen molar-refractivity contribution in [2.24, 2.45) is 0 Å². The number of carbonyl (C=O) groups is 3. The van der Waals surface area contributed by atoms with Gasteiger partial charge in [-0.1, -0.05) is 38.3 Å². The monoisotopic (exact) mass is 402 g/mol. The number of hydrogen-bond acceptors (Lipinski definition) is 5. The third-order valence-corrected chi connectivity index (χ3v) is 4.15. The van der Waals surface area contributed by atoms with Crippen LogP contribution in [0.4, 0.5) is 0 Å². The van der Waals surface area contributed by atoms with Crippen molar-refractivity contribution in [1.82, 2.24) is 0 Å². The van der Waals surface area contributed by atoms with Crippen molar-refractivity contribution >= 4 is 17.9 Å². The standard InChI is InChI=1S/C21H22O8/c1-2-3-4-7-12-28-14-8-5-6-9-15(14)29-16-11-10-13(19(22)23)17(20(24)25)18(16)21(26)27/h5-6,8-11H,2-4,7,12H2,1H3,(H,22,23)(H,24,25)(H,26,27). The highest BCUT2D eigenvalue weighted by molar-refractivity contribution is 6.10. The first-order valence-electron chi connectivity index (χ1n) is 9.13. The molecule has 0 unspecified atom stereocenters. The summed E-state index contributed by atoms with van der Waals surface area (Å²) in [6, 6.07) is 8.71. The van der Waals surface area contributed by atoms with Gasteiger partial charge in [0.1, 0.15) is 11.3 Å². The van der Waals surface area contributed by atoms with E-state index in [4.69, 9.17) is 9.47 Å². The highest BCUT2D eigenvalue weighted by Gasteiger charge is 2.28. The fourth-order valence-electron chi connectivity index (χ4n) is 2.76. The molecule has 0 saturated heterocycles. The summed E-state index contributed by atoms with van der Waals surface area (Å²) in [5.74, 6) is -4.55. The third-order valence-electron chi connectivity index (χ3n) is 4.15. The Morgan fingerprint density at radius 3 is 2.00 bits per heavy atom. The second-order valence-electron chi connectivity index (χ2n) is 6.23. The smallest absolute Gasteiger partial charge is 0.340 e. The Bertz CT molecular complexity index is 904. The van der Waals surface area contributed by atoms with E-state index in [0.717, 1.165) is 37.8 Å². The maximum absolute atomic E-state index is 11.7. The predicted octanol–water partition coefficient (Wildman–Crippen LogP) is 4.53. The van der Waals surface area contributed by atoms with Crippen molar-refractivity contribution in [3.8, 4) is 17.2 Å². The van der Waals surface area contributed by atoms with Gasteiger partial charge >= 0.3 is 17.9 Å². The zero-order valence-corrected chi connectivity index (χ0v) is 15.9. The quantitative estimate of drug-likeness (QED) is 0.467. The highest BCUT2D eigenvalue weighted by atomic mass is 16.5. The Balaban J connectivity index is 2.37. The number of hydrogen-bond donors (Lipinski definition) is 3. The summed E-state index contributed by atoms with van der Waals surface area (Å²) in [4.78, 5) is 34.5. The molecule has 0 aliphatic carbocycles. The third kappa shape index (κ3) is 5.47. The lowest BCUT2D eigenvalue weighted by molar-refractivity contribution is 0.0631. The topological polar surface area (TPSA) is 130 Å². The van der Waals surface area contributed by atoms with Crippen LogP contribution in [0.25, 0.3) is 0 Å². The normalized spacial score (nSPS) is 10.4. The minimum Gasteiger partial charge on any atom is -0.490 e. The molecule has 3 N–H and O–H groups in total. The molecule has 8 nitrogen and oxygen atoms in total. The minimum absolute atomic E-state index is 0.199. The molecule has 0 spiro atoms. The van der Waals surface area contributed by atoms with Crippen LogP contribution in [0.2, 0.25) is 0 Å². The lowest BCUT2D eigenvalue weighted by Gasteiger charge is -2.15. The van der Waals surface area contributed by atoms with E-state index in [-0.39, 0.29) is 11.5 Å². The molecule has 0 aliphatic heterocycles. The van der Waals surface area contributed by atoms with Crippen LogP contribution in [0, 0.1) is 0 Å². The van der Waals surface area contributed by atoms with Gasteiger partial charge in [-0.25, -0.2) is 14.4 Å². The van der Waals surface area contributed by atoms with Gasteiger partial charge < -0.3 is 24.8 Å². The molecule has 29 heavy (non-hydrogen) atoms. The van der Waals surface area contributed by atoms with Gasteiger partial charge in [0.25, 0.3) is 0 Å². The molecule has 0 fully saturated rings. The second-order valence-corrected chi connectivity index (χ2v) is 6.23. The molecule has 0 bridgehead atoms. The van der Waals surface area contributed by atoms with E-state index >= 15 is 0 Å². The Morgan fingerprint density at radius 1 is 0.759 bits per heavy atom. The van der Waals surface area contributed by atoms with Gasteiger partial charge in [-0.2, -0.15) is 0 Å². The van der Waals surface area contributed by atoms with E-state index in [1.807, 2.05) is 0 Å². The van der Waals surface area contributed by atoms with Crippen molar-refractivity contribution in [1.29, 1.82) is 0 Å². The summed E-state index contributed by atoms with van der Waals surface area (Å²) in [6.45, 7) is 2.55. The number of ether oxygens (including phenoxy) is 2. The molecule has 0 aromatic heterocycles. The first-order valence-corrected chi connectivity index (χ1v) is 9.13. The first-order chi connectivity index (χ1) is 13.9. The van der Waals surface area contributed by atoms with E-state index in [1.54, 1.807) is 24.3 Å². The van der Waals surface area contributed by atoms with Crippen LogP contribution in [0.3, 0.4) is 0 Å². The molecule has 0 saturated carbocycles. The van der Waals surface area contributed by atoms with E-state index in [9.17, 15) is 29.7 Å². The fourth-order valence-corrected chi connectivity index (χ4v) is 2.76. The molecule has 2 aromatic carbocycles. The molecule has 0 heterocycles. The largest absolute Gasteiger partial charge is 0.490 e. The minimum atomic E-state index is -1.68. The van der Waals surface area contributed by atoms with E-state index in [0.29, 0.717) is 12.4 Å². The van der Waals surface area contributed by atoms with E-state index in [2.05, 4.69) is 6.92 Å². The number of carboxylic acid groups (broad SMARTS) is 3. The summed E-state index contributed by atoms with van der Waals surface area (Å²) in [7, 11) is 0. The lowest BCUT2D eigenvalue weighted by atomic mass is 10.00. The average Bonchev–Trinajstić information content (AvgIpc) is 2.68. The molecule has 2 rings (SSSR count). The molecule has 0 amide bonds. The van der Waals surface area contributed by atoms with Gasteiger partial charge in [-0.3, -0.25) is 0 Å². The summed E-state index contributed by atoms with van der Waals surface area (Å²) >= 11 is 0. The lowest BCUT2D eigenvalue weighted by Crippen LogP contribution is -2.16. The number of aromatic carboxylic acids is 3. The second kappa shape index (κ2) is 10.1. The molecule has 0 aliphatic rings. The Kier molecular flexibility index (Phi) is 7.59. The van der Waals surface area contributed by atoms with Gasteiger partial charge in [-0.15, -0.1) is 0 Å². The first kappa shape index (κ1) is 21.7. The Hall–Kier alpha value is -3.55. The Morgan fingerprint density at radius 2 is 1.41 bits per heavy atom. The van der Waals surface area contributed by atoms with Crippen LogP contribution in [-0.4, -0.2) is 39.8 Å². The van der Waals surface area contributed by atoms with E-state index < -0.39 is 34.6 Å². The number of benzene rings is 2. The predicted molar refractivity (Wildman–Crippen MR) is 103 cm³/mol. The summed E-state index contributed by atoms with van der Waals surface area (Å²) in [5.41, 5.74) is -2.22. The molecule has 8 heteroatoms. The van der Waals surface area contributed by atoms with Crippen molar-refractivity contribution in [3.63, 3.8) is 0 Å². The number of rotatable bonds is 11. The zero-order chi connectivity index (χ0) is 21.4. The van der Waals surface area contributed by atoms with Crippen molar-refractivity contribution in [2.75, 3.05) is 6.61 Å². The number of unbranched alkanes of at least 4 members (excludes halogenated alkanes) is 3. The average molecular weight is 402 g/mol. The molecule has 0 radical (unpaired) electrons. The number of carboxylic acids is 3. The fraction of sp³-hybridized carbons (Fsp3) is 0.286. The highest BCUT2D eigenvalue weighted by Crippen LogP contribution is 2.35. The summed E-state index contributed by atoms with van der Waals surface area (Å²) < 4.78 is 11.4. The van der Waals surface area contributed by atoms with Gasteiger partial charge in [0, 0.05) is 0 Å². The van der Waals surface area contributed by atoms with Crippen molar-refractivity contribution in [3.05, 3.63) is 53.1 Å². The maximum atomic E-state index is 11.7. The van der Waals surface area contributed by atoms with Crippen LogP contribution in [0.5, 0.6) is 17.2 Å². The van der Waals surface area contributed by atoms with Crippen molar-refractivity contribution in [2.45, 2.75) is 32.6 Å². The zero-order valence-electron chi connectivity index (χ0n) is 15.9. The van der Waals surface area contributed by atoms with Crippen molar-refractivity contribution < 1.29 is 39.2 Å².